The van der Waals surface area contributed by atoms with E-state index < -0.39 is 0 Å². The predicted octanol–water partition coefficient (Wildman–Crippen LogP) is 2.92. The van der Waals surface area contributed by atoms with Crippen LogP contribution in [-0.2, 0) is 11.4 Å². The molecule has 1 aliphatic rings. The van der Waals surface area contributed by atoms with Gasteiger partial charge in [0.05, 0.1) is 5.69 Å². The number of rotatable bonds is 4. The highest BCUT2D eigenvalue weighted by Gasteiger charge is 2.19. The summed E-state index contributed by atoms with van der Waals surface area (Å²) < 4.78 is 25.8. The Morgan fingerprint density at radius 2 is 2.04 bits per heavy atom. The quantitative estimate of drug-likeness (QED) is 0.794. The zero-order valence-electron chi connectivity index (χ0n) is 13.1. The van der Waals surface area contributed by atoms with E-state index in [0.717, 1.165) is 5.69 Å². The molecule has 1 amide bonds. The summed E-state index contributed by atoms with van der Waals surface area (Å²) in [4.78, 5) is 11.5. The minimum atomic E-state index is -0.294. The number of anilines is 1. The number of fused-ring (bicyclic) bond motifs is 1. The summed E-state index contributed by atoms with van der Waals surface area (Å²) in [5, 5.41) is 7.15. The molecule has 0 saturated heterocycles. The van der Waals surface area contributed by atoms with Gasteiger partial charge in [-0.1, -0.05) is 6.07 Å². The third-order valence-electron chi connectivity index (χ3n) is 3.72. The van der Waals surface area contributed by atoms with Crippen LogP contribution in [0.1, 0.15) is 5.69 Å². The molecule has 3 aromatic rings. The average Bonchev–Trinajstić information content (AvgIpc) is 3.09. The number of nitrogens with one attached hydrogen (secondary N) is 1. The molecular formula is C18H14FN3O3. The second-order valence-corrected chi connectivity index (χ2v) is 5.48. The summed E-state index contributed by atoms with van der Waals surface area (Å²) in [5.41, 5.74) is 1.98. The molecule has 0 atom stereocenters. The van der Waals surface area contributed by atoms with Crippen molar-refractivity contribution in [1.29, 1.82) is 0 Å². The molecule has 126 valence electrons. The van der Waals surface area contributed by atoms with E-state index in [4.69, 9.17) is 9.47 Å². The summed E-state index contributed by atoms with van der Waals surface area (Å²) in [6.45, 7) is 0.221. The van der Waals surface area contributed by atoms with Gasteiger partial charge in [-0.3, -0.25) is 4.79 Å². The third kappa shape index (κ3) is 3.16. The Bertz CT molecular complexity index is 922. The number of amides is 1. The Kier molecular flexibility index (Phi) is 3.81. The van der Waals surface area contributed by atoms with Crippen LogP contribution in [0, 0.1) is 5.82 Å². The number of para-hydroxylation sites is 1. The highest BCUT2D eigenvalue weighted by atomic mass is 19.1. The molecule has 0 spiro atoms. The van der Waals surface area contributed by atoms with E-state index in [1.165, 1.54) is 12.1 Å². The Morgan fingerprint density at radius 3 is 2.88 bits per heavy atom. The number of hydrogen-bond acceptors (Lipinski definition) is 4. The van der Waals surface area contributed by atoms with Crippen molar-refractivity contribution in [2.45, 2.75) is 6.61 Å². The van der Waals surface area contributed by atoms with Crippen molar-refractivity contribution in [1.82, 2.24) is 9.78 Å². The van der Waals surface area contributed by atoms with Crippen LogP contribution in [0.5, 0.6) is 11.5 Å². The molecule has 2 aromatic carbocycles. The van der Waals surface area contributed by atoms with Crippen LogP contribution in [0.2, 0.25) is 0 Å². The van der Waals surface area contributed by atoms with Gasteiger partial charge >= 0.3 is 0 Å². The first-order valence-electron chi connectivity index (χ1n) is 7.68. The van der Waals surface area contributed by atoms with Crippen LogP contribution in [-0.4, -0.2) is 22.3 Å². The maximum atomic E-state index is 13.0. The molecule has 25 heavy (non-hydrogen) atoms. The topological polar surface area (TPSA) is 65.4 Å². The molecule has 0 fully saturated rings. The molecule has 1 N–H and O–H groups in total. The van der Waals surface area contributed by atoms with E-state index in [-0.39, 0.29) is 24.9 Å². The molecule has 0 bridgehead atoms. The molecular weight excluding hydrogens is 325 g/mol. The van der Waals surface area contributed by atoms with Crippen molar-refractivity contribution < 1.29 is 18.7 Å². The minimum Gasteiger partial charge on any atom is -0.485 e. The molecule has 7 heteroatoms. The Balaban J connectivity index is 1.49. The van der Waals surface area contributed by atoms with Crippen LogP contribution >= 0.6 is 0 Å². The fourth-order valence-corrected chi connectivity index (χ4v) is 2.52. The number of carbonyl (C=O) groups excluding carboxylic acids is 1. The first kappa shape index (κ1) is 15.2. The molecule has 0 radical (unpaired) electrons. The molecule has 1 aliphatic heterocycles. The summed E-state index contributed by atoms with van der Waals surface area (Å²) in [6, 6.07) is 13.2. The molecule has 0 unspecified atom stereocenters. The van der Waals surface area contributed by atoms with E-state index in [9.17, 15) is 9.18 Å². The lowest BCUT2D eigenvalue weighted by atomic mass is 10.2. The van der Waals surface area contributed by atoms with Crippen LogP contribution in [0.3, 0.4) is 0 Å². The van der Waals surface area contributed by atoms with E-state index in [1.807, 2.05) is 6.07 Å². The maximum Gasteiger partial charge on any atom is 0.262 e. The smallest absolute Gasteiger partial charge is 0.262 e. The first-order chi connectivity index (χ1) is 12.2. The normalized spacial score (nSPS) is 12.9. The zero-order chi connectivity index (χ0) is 17.2. The van der Waals surface area contributed by atoms with Crippen LogP contribution < -0.4 is 14.8 Å². The van der Waals surface area contributed by atoms with E-state index in [0.29, 0.717) is 22.9 Å². The number of hydrogen-bond donors (Lipinski definition) is 1. The molecule has 4 rings (SSSR count). The standard InChI is InChI=1S/C18H14FN3O3/c19-12-4-6-14(7-5-12)22-9-8-13(21-22)10-24-15-2-1-3-16-18(15)20-17(23)11-25-16/h1-9H,10-11H2,(H,20,23). The average molecular weight is 339 g/mol. The number of aromatic nitrogens is 2. The number of halogens is 1. The highest BCUT2D eigenvalue weighted by molar-refractivity contribution is 5.97. The summed E-state index contributed by atoms with van der Waals surface area (Å²) >= 11 is 0. The van der Waals surface area contributed by atoms with Crippen LogP contribution in [0.25, 0.3) is 5.69 Å². The predicted molar refractivity (Wildman–Crippen MR) is 88.4 cm³/mol. The van der Waals surface area contributed by atoms with E-state index in [1.54, 1.807) is 41.2 Å². The van der Waals surface area contributed by atoms with Crippen molar-refractivity contribution in [2.24, 2.45) is 0 Å². The molecule has 0 saturated carbocycles. The molecule has 6 nitrogen and oxygen atoms in total. The van der Waals surface area contributed by atoms with E-state index >= 15 is 0 Å². The lowest BCUT2D eigenvalue weighted by molar-refractivity contribution is -0.118. The Morgan fingerprint density at radius 1 is 1.20 bits per heavy atom. The van der Waals surface area contributed by atoms with Gasteiger partial charge < -0.3 is 14.8 Å². The second-order valence-electron chi connectivity index (χ2n) is 5.48. The lowest BCUT2D eigenvalue weighted by Gasteiger charge is -2.20. The lowest BCUT2D eigenvalue weighted by Crippen LogP contribution is -2.25. The molecule has 0 aliphatic carbocycles. The largest absolute Gasteiger partial charge is 0.485 e. The monoisotopic (exact) mass is 339 g/mol. The number of ether oxygens (including phenoxy) is 2. The highest BCUT2D eigenvalue weighted by Crippen LogP contribution is 2.36. The fraction of sp³-hybridized carbons (Fsp3) is 0.111. The number of benzene rings is 2. The summed E-state index contributed by atoms with van der Waals surface area (Å²) in [5.74, 6) is 0.581. The van der Waals surface area contributed by atoms with Crippen LogP contribution in [0.4, 0.5) is 10.1 Å². The summed E-state index contributed by atoms with van der Waals surface area (Å²) in [6.07, 6.45) is 1.78. The van der Waals surface area contributed by atoms with E-state index in [2.05, 4.69) is 10.4 Å². The Labute approximate surface area is 142 Å². The SMILES string of the molecule is O=C1COc2cccc(OCc3ccn(-c4ccc(F)cc4)n3)c2N1. The van der Waals surface area contributed by atoms with Crippen molar-refractivity contribution in [3.63, 3.8) is 0 Å². The van der Waals surface area contributed by atoms with Gasteiger partial charge in [0.15, 0.2) is 6.61 Å². The molecule has 2 heterocycles. The van der Waals surface area contributed by atoms with Gasteiger partial charge in [-0.05, 0) is 42.5 Å². The van der Waals surface area contributed by atoms with Crippen molar-refractivity contribution in [2.75, 3.05) is 11.9 Å². The fourth-order valence-electron chi connectivity index (χ4n) is 2.52. The first-order valence-corrected chi connectivity index (χ1v) is 7.68. The van der Waals surface area contributed by atoms with Gasteiger partial charge in [0, 0.05) is 6.20 Å². The van der Waals surface area contributed by atoms with Gasteiger partial charge in [0.2, 0.25) is 0 Å². The van der Waals surface area contributed by atoms with Crippen LogP contribution in [0.15, 0.2) is 54.7 Å². The second kappa shape index (κ2) is 6.27. The minimum absolute atomic E-state index is 0.00146. The van der Waals surface area contributed by atoms with Crippen molar-refractivity contribution in [3.05, 3.63) is 66.2 Å². The Hall–Kier alpha value is -3.35. The van der Waals surface area contributed by atoms with Gasteiger partial charge in [-0.2, -0.15) is 5.10 Å². The van der Waals surface area contributed by atoms with Gasteiger partial charge in [-0.25, -0.2) is 9.07 Å². The van der Waals surface area contributed by atoms with Gasteiger partial charge in [-0.15, -0.1) is 0 Å². The van der Waals surface area contributed by atoms with Crippen molar-refractivity contribution >= 4 is 11.6 Å². The van der Waals surface area contributed by atoms with Crippen molar-refractivity contribution in [3.8, 4) is 17.2 Å². The number of nitrogens with zero attached hydrogens (tertiary/aromatic N) is 2. The summed E-state index contributed by atoms with van der Waals surface area (Å²) in [7, 11) is 0. The van der Waals surface area contributed by atoms with Gasteiger partial charge in [0.25, 0.3) is 5.91 Å². The number of carbonyl (C=O) groups is 1. The zero-order valence-corrected chi connectivity index (χ0v) is 13.1. The maximum absolute atomic E-state index is 13.0. The van der Waals surface area contributed by atoms with Gasteiger partial charge in [0.1, 0.15) is 35.3 Å². The molecule has 1 aromatic heterocycles. The third-order valence-corrected chi connectivity index (χ3v) is 3.72.